The van der Waals surface area contributed by atoms with E-state index in [1.54, 1.807) is 0 Å². The van der Waals surface area contributed by atoms with E-state index in [4.69, 9.17) is 19.5 Å². The first kappa shape index (κ1) is 16.6. The molecule has 0 heterocycles. The third-order valence-electron chi connectivity index (χ3n) is 1.03. The fourth-order valence-electron chi connectivity index (χ4n) is 0.556. The van der Waals surface area contributed by atoms with E-state index in [2.05, 4.69) is 0 Å². The maximum Gasteiger partial charge on any atom is 0.412 e. The average molecular weight is 234 g/mol. The van der Waals surface area contributed by atoms with Gasteiger partial charge in [-0.25, -0.2) is 0 Å². The van der Waals surface area contributed by atoms with Crippen molar-refractivity contribution in [3.05, 3.63) is 0 Å². The molecular weight excluding hydrogens is 217 g/mol. The first-order chi connectivity index (χ1) is 6.54. The Bertz CT molecular complexity index is 96.9. The summed E-state index contributed by atoms with van der Waals surface area (Å²) in [6.45, 7) is 5.82. The van der Waals surface area contributed by atoms with Crippen LogP contribution in [0.2, 0.25) is 0 Å². The molecule has 0 saturated heterocycles. The zero-order valence-electron chi connectivity index (χ0n) is 8.32. The zero-order chi connectivity index (χ0) is 11.4. The van der Waals surface area contributed by atoms with Gasteiger partial charge in [-0.3, -0.25) is 0 Å². The largest absolute Gasteiger partial charge is 0.412 e. The van der Waals surface area contributed by atoms with Crippen molar-refractivity contribution in [3.8, 4) is 0 Å². The molecule has 0 fully saturated rings. The summed E-state index contributed by atoms with van der Waals surface area (Å²) in [5.74, 6) is 0. The van der Waals surface area contributed by atoms with E-state index in [0.717, 1.165) is 0 Å². The maximum atomic E-state index is 9.95. The van der Waals surface area contributed by atoms with Crippen LogP contribution in [0.25, 0.3) is 0 Å². The summed E-state index contributed by atoms with van der Waals surface area (Å²) in [5, 5.41) is 9.06. The molecule has 0 aromatic heterocycles. The van der Waals surface area contributed by atoms with E-state index in [9.17, 15) is 8.39 Å². The molecule has 0 atom stereocenters. The molecule has 0 aliphatic rings. The second-order valence-corrected chi connectivity index (χ2v) is 2.62. The van der Waals surface area contributed by atoms with E-state index in [1.807, 2.05) is 13.8 Å². The topological polar surface area (TPSA) is 58.9 Å². The van der Waals surface area contributed by atoms with Crippen LogP contribution >= 0.6 is 8.77 Å². The van der Waals surface area contributed by atoms with Crippen LogP contribution in [0.3, 0.4) is 0 Å². The second-order valence-electron chi connectivity index (χ2n) is 2.19. The highest BCUT2D eigenvalue weighted by molar-refractivity contribution is 7.39. The number of halogens is 2. The first-order valence-electron chi connectivity index (χ1n) is 4.18. The third-order valence-corrected chi connectivity index (χ3v) is 1.03. The molecule has 0 amide bonds. The molecule has 0 bridgehead atoms. The standard InChI is InChI=1S/C7H16O3.F2HOP/c1-3-9-5-7(8)6-10-4-2;1-4(2)3/h7-8H,3-6H2,1-2H3;3H. The summed E-state index contributed by atoms with van der Waals surface area (Å²) < 4.78 is 29.8. The lowest BCUT2D eigenvalue weighted by atomic mass is 10.4. The Balaban J connectivity index is 0. The predicted molar refractivity (Wildman–Crippen MR) is 50.3 cm³/mol. The lowest BCUT2D eigenvalue weighted by molar-refractivity contribution is -0.0132. The minimum absolute atomic E-state index is 0.372. The van der Waals surface area contributed by atoms with Gasteiger partial charge in [0.15, 0.2) is 0 Å². The van der Waals surface area contributed by atoms with Crippen molar-refractivity contribution in [1.82, 2.24) is 0 Å². The number of aliphatic hydroxyl groups is 1. The van der Waals surface area contributed by atoms with Crippen LogP contribution in [0, 0.1) is 0 Å². The molecule has 0 aromatic carbocycles. The van der Waals surface area contributed by atoms with Gasteiger partial charge in [0.05, 0.1) is 13.2 Å². The molecule has 88 valence electrons. The van der Waals surface area contributed by atoms with E-state index >= 15 is 0 Å². The number of hydrogen-bond acceptors (Lipinski definition) is 4. The van der Waals surface area contributed by atoms with Gasteiger partial charge in [0.25, 0.3) is 0 Å². The van der Waals surface area contributed by atoms with Crippen LogP contribution < -0.4 is 0 Å². The van der Waals surface area contributed by atoms with Crippen molar-refractivity contribution in [1.29, 1.82) is 0 Å². The van der Waals surface area contributed by atoms with Gasteiger partial charge in [0, 0.05) is 13.2 Å². The number of rotatable bonds is 6. The van der Waals surface area contributed by atoms with Crippen LogP contribution in [0.1, 0.15) is 13.8 Å². The molecule has 0 spiro atoms. The van der Waals surface area contributed by atoms with Crippen molar-refractivity contribution in [2.24, 2.45) is 0 Å². The smallest absolute Gasteiger partial charge is 0.388 e. The second kappa shape index (κ2) is 13.1. The van der Waals surface area contributed by atoms with Crippen LogP contribution in [-0.4, -0.2) is 42.5 Å². The van der Waals surface area contributed by atoms with Gasteiger partial charge < -0.3 is 19.5 Å². The zero-order valence-corrected chi connectivity index (χ0v) is 9.21. The Morgan fingerprint density at radius 3 is 1.64 bits per heavy atom. The molecular formula is C7H17F2O4P. The quantitative estimate of drug-likeness (QED) is 0.685. The van der Waals surface area contributed by atoms with Crippen LogP contribution in [0.4, 0.5) is 8.39 Å². The summed E-state index contributed by atoms with van der Waals surface area (Å²) in [6, 6.07) is 0. The molecule has 0 saturated carbocycles. The van der Waals surface area contributed by atoms with Gasteiger partial charge in [0.1, 0.15) is 6.10 Å². The van der Waals surface area contributed by atoms with Crippen LogP contribution in [0.5, 0.6) is 0 Å². The minimum Gasteiger partial charge on any atom is -0.388 e. The third kappa shape index (κ3) is 22.7. The Labute approximate surface area is 83.9 Å². The van der Waals surface area contributed by atoms with Gasteiger partial charge in [0.2, 0.25) is 0 Å². The molecule has 0 aliphatic carbocycles. The van der Waals surface area contributed by atoms with E-state index in [1.165, 1.54) is 0 Å². The molecule has 2 N–H and O–H groups in total. The average Bonchev–Trinajstić information content (AvgIpc) is 2.10. The highest BCUT2D eigenvalue weighted by atomic mass is 31.2. The van der Waals surface area contributed by atoms with E-state index in [0.29, 0.717) is 26.4 Å². The Morgan fingerprint density at radius 2 is 1.43 bits per heavy atom. The summed E-state index contributed by atoms with van der Waals surface area (Å²) in [7, 11) is -3.62. The van der Waals surface area contributed by atoms with Crippen LogP contribution in [0.15, 0.2) is 0 Å². The summed E-state index contributed by atoms with van der Waals surface area (Å²) >= 11 is 0. The molecule has 4 nitrogen and oxygen atoms in total. The normalized spacial score (nSPS) is 10.3. The fraction of sp³-hybridized carbons (Fsp3) is 1.00. The summed E-state index contributed by atoms with van der Waals surface area (Å²) in [5.41, 5.74) is 0. The van der Waals surface area contributed by atoms with Crippen molar-refractivity contribution < 1.29 is 27.9 Å². The van der Waals surface area contributed by atoms with Crippen molar-refractivity contribution in [2.75, 3.05) is 26.4 Å². The Morgan fingerprint density at radius 1 is 1.14 bits per heavy atom. The van der Waals surface area contributed by atoms with Gasteiger partial charge >= 0.3 is 8.77 Å². The van der Waals surface area contributed by atoms with Crippen molar-refractivity contribution in [2.45, 2.75) is 20.0 Å². The highest BCUT2D eigenvalue weighted by Gasteiger charge is 2.01. The minimum atomic E-state index is -3.62. The maximum absolute atomic E-state index is 9.95. The SMILES string of the molecule is CCOCC(O)COCC.OP(F)F. The molecule has 0 rings (SSSR count). The molecule has 7 heteroatoms. The van der Waals surface area contributed by atoms with Crippen molar-refractivity contribution >= 4 is 8.77 Å². The van der Waals surface area contributed by atoms with Crippen molar-refractivity contribution in [3.63, 3.8) is 0 Å². The predicted octanol–water partition coefficient (Wildman–Crippen LogP) is 1.56. The van der Waals surface area contributed by atoms with E-state index < -0.39 is 14.9 Å². The number of ether oxygens (including phenoxy) is 2. The molecule has 0 aromatic rings. The lowest BCUT2D eigenvalue weighted by Crippen LogP contribution is -2.21. The molecule has 0 aliphatic heterocycles. The number of aliphatic hydroxyl groups excluding tert-OH is 1. The molecule has 0 radical (unpaired) electrons. The lowest BCUT2D eigenvalue weighted by Gasteiger charge is -2.09. The molecule has 14 heavy (non-hydrogen) atoms. The highest BCUT2D eigenvalue weighted by Crippen LogP contribution is 2.31. The fourth-order valence-corrected chi connectivity index (χ4v) is 0.556. The Kier molecular flexibility index (Phi) is 15.5. The Hall–Kier alpha value is 0.130. The first-order valence-corrected chi connectivity index (χ1v) is 5.26. The summed E-state index contributed by atoms with van der Waals surface area (Å²) in [6.07, 6.45) is -0.472. The van der Waals surface area contributed by atoms with E-state index in [-0.39, 0.29) is 0 Å². The van der Waals surface area contributed by atoms with Gasteiger partial charge in [-0.05, 0) is 13.8 Å². The monoisotopic (exact) mass is 234 g/mol. The summed E-state index contributed by atoms with van der Waals surface area (Å²) in [4.78, 5) is 6.79. The molecule has 0 unspecified atom stereocenters. The van der Waals surface area contributed by atoms with Crippen LogP contribution in [-0.2, 0) is 9.47 Å². The van der Waals surface area contributed by atoms with Gasteiger partial charge in [-0.15, -0.1) is 0 Å². The number of hydrogen-bond donors (Lipinski definition) is 2. The van der Waals surface area contributed by atoms with Gasteiger partial charge in [-0.2, -0.15) is 8.39 Å². The van der Waals surface area contributed by atoms with Gasteiger partial charge in [-0.1, -0.05) is 0 Å².